The average Bonchev–Trinajstić information content (AvgIpc) is 2.72. The van der Waals surface area contributed by atoms with E-state index in [0.717, 1.165) is 0 Å². The Morgan fingerprint density at radius 3 is 2.63 bits per heavy atom. The normalized spacial score (nSPS) is 18.9. The smallest absolute Gasteiger partial charge is 0.251 e. The molecule has 0 aromatic heterocycles. The summed E-state index contributed by atoms with van der Waals surface area (Å²) in [5.41, 5.74) is 1.75. The molecule has 30 heavy (non-hydrogen) atoms. The number of nitrogens with zero attached hydrogens (tertiary/aromatic N) is 1. The maximum Gasteiger partial charge on any atom is 0.251 e. The van der Waals surface area contributed by atoms with Gasteiger partial charge in [-0.05, 0) is 49.7 Å². The van der Waals surface area contributed by atoms with Crippen LogP contribution in [0.25, 0.3) is 0 Å². The number of amides is 1. The number of hydrogen-bond donors (Lipinski definition) is 1. The summed E-state index contributed by atoms with van der Waals surface area (Å²) in [7, 11) is 1.60. The van der Waals surface area contributed by atoms with Crippen molar-refractivity contribution in [3.8, 4) is 5.75 Å². The quantitative estimate of drug-likeness (QED) is 0.669. The Kier molecular flexibility index (Phi) is 7.65. The fraction of sp³-hybridized carbons (Fsp3) is 0.435. The predicted octanol–water partition coefficient (Wildman–Crippen LogP) is 3.39. The molecule has 3 rings (SSSR count). The third-order valence-electron chi connectivity index (χ3n) is 4.88. The highest BCUT2D eigenvalue weighted by Gasteiger charge is 2.24. The molecule has 1 saturated heterocycles. The summed E-state index contributed by atoms with van der Waals surface area (Å²) >= 11 is 0. The van der Waals surface area contributed by atoms with Crippen molar-refractivity contribution >= 4 is 11.6 Å². The van der Waals surface area contributed by atoms with Crippen molar-refractivity contribution in [3.63, 3.8) is 0 Å². The Balaban J connectivity index is 1.59. The number of carbonyl (C=O) groups excluding carboxylic acids is 1. The van der Waals surface area contributed by atoms with Crippen molar-refractivity contribution in [3.05, 3.63) is 59.4 Å². The molecule has 1 aliphatic heterocycles. The first-order valence-corrected chi connectivity index (χ1v) is 10.1. The molecule has 2 aromatic rings. The largest absolute Gasteiger partial charge is 0.491 e. The van der Waals surface area contributed by atoms with E-state index in [-0.39, 0.29) is 30.5 Å². The van der Waals surface area contributed by atoms with Gasteiger partial charge in [-0.3, -0.25) is 4.79 Å². The van der Waals surface area contributed by atoms with Crippen LogP contribution in [0.2, 0.25) is 0 Å². The number of nitrogens with one attached hydrogen (secondary N) is 1. The second-order valence-corrected chi connectivity index (χ2v) is 7.50. The Labute approximate surface area is 176 Å². The van der Waals surface area contributed by atoms with Crippen LogP contribution >= 0.6 is 0 Å². The van der Waals surface area contributed by atoms with E-state index in [0.29, 0.717) is 48.9 Å². The summed E-state index contributed by atoms with van der Waals surface area (Å²) in [6.07, 6.45) is 0.114. The van der Waals surface area contributed by atoms with E-state index in [4.69, 9.17) is 14.2 Å². The minimum atomic E-state index is -0.295. The number of halogens is 1. The summed E-state index contributed by atoms with van der Waals surface area (Å²) in [6.45, 7) is 6.40. The van der Waals surface area contributed by atoms with Gasteiger partial charge in [-0.1, -0.05) is 12.1 Å². The lowest BCUT2D eigenvalue weighted by Crippen LogP contribution is -2.45. The maximum atomic E-state index is 14.7. The monoisotopic (exact) mass is 416 g/mol. The van der Waals surface area contributed by atoms with Gasteiger partial charge >= 0.3 is 0 Å². The van der Waals surface area contributed by atoms with Crippen molar-refractivity contribution < 1.29 is 23.4 Å². The lowest BCUT2D eigenvalue weighted by Gasteiger charge is -2.37. The van der Waals surface area contributed by atoms with Crippen LogP contribution in [-0.4, -0.2) is 51.5 Å². The molecule has 6 nitrogen and oxygen atoms in total. The standard InChI is InChI=1S/C23H29FN2O4/c1-16-14-26(15-17(2)30-16)22-8-7-18(11-21(22)24)13-25-23(27)19-5-4-6-20(12-19)29-10-9-28-3/h4-8,11-12,16-17H,9-10,13-15H2,1-3H3,(H,25,27). The first-order chi connectivity index (χ1) is 14.5. The van der Waals surface area contributed by atoms with E-state index in [1.807, 2.05) is 24.8 Å². The number of ether oxygens (including phenoxy) is 3. The molecule has 1 amide bonds. The Morgan fingerprint density at radius 2 is 1.93 bits per heavy atom. The molecule has 0 radical (unpaired) electrons. The molecule has 7 heteroatoms. The van der Waals surface area contributed by atoms with Crippen LogP contribution < -0.4 is 15.0 Å². The third kappa shape index (κ3) is 5.93. The molecular formula is C23H29FN2O4. The van der Waals surface area contributed by atoms with Gasteiger partial charge in [0.05, 0.1) is 24.5 Å². The average molecular weight is 416 g/mol. The molecule has 0 spiro atoms. The molecule has 0 aliphatic carbocycles. The Hall–Kier alpha value is -2.64. The maximum absolute atomic E-state index is 14.7. The van der Waals surface area contributed by atoms with Crippen LogP contribution in [0.4, 0.5) is 10.1 Å². The molecule has 1 heterocycles. The molecule has 2 atom stereocenters. The van der Waals surface area contributed by atoms with Gasteiger partial charge in [-0.25, -0.2) is 4.39 Å². The number of rotatable bonds is 8. The van der Waals surface area contributed by atoms with Gasteiger partial charge < -0.3 is 24.4 Å². The van der Waals surface area contributed by atoms with E-state index < -0.39 is 0 Å². The third-order valence-corrected chi connectivity index (χ3v) is 4.88. The number of hydrogen-bond acceptors (Lipinski definition) is 5. The lowest BCUT2D eigenvalue weighted by atomic mass is 10.1. The van der Waals surface area contributed by atoms with Gasteiger partial charge in [0.15, 0.2) is 0 Å². The van der Waals surface area contributed by atoms with E-state index in [9.17, 15) is 9.18 Å². The molecule has 2 unspecified atom stereocenters. The van der Waals surface area contributed by atoms with Gasteiger partial charge in [0.2, 0.25) is 0 Å². The number of benzene rings is 2. The molecule has 1 aliphatic rings. The van der Waals surface area contributed by atoms with Gasteiger partial charge in [0.25, 0.3) is 5.91 Å². The second kappa shape index (κ2) is 10.4. The van der Waals surface area contributed by atoms with Crippen LogP contribution in [0.1, 0.15) is 29.8 Å². The van der Waals surface area contributed by atoms with E-state index >= 15 is 0 Å². The van der Waals surface area contributed by atoms with Gasteiger partial charge in [0.1, 0.15) is 18.2 Å². The van der Waals surface area contributed by atoms with Crippen LogP contribution in [0, 0.1) is 5.82 Å². The summed E-state index contributed by atoms with van der Waals surface area (Å²) in [5, 5.41) is 2.83. The van der Waals surface area contributed by atoms with E-state index in [1.165, 1.54) is 6.07 Å². The second-order valence-electron chi connectivity index (χ2n) is 7.50. The van der Waals surface area contributed by atoms with E-state index in [2.05, 4.69) is 5.32 Å². The summed E-state index contributed by atoms with van der Waals surface area (Å²) in [4.78, 5) is 14.5. The molecule has 1 N–H and O–H groups in total. The molecule has 0 bridgehead atoms. The van der Waals surface area contributed by atoms with Crippen LogP contribution in [0.15, 0.2) is 42.5 Å². The highest BCUT2D eigenvalue weighted by atomic mass is 19.1. The van der Waals surface area contributed by atoms with Crippen molar-refractivity contribution in [1.82, 2.24) is 5.32 Å². The van der Waals surface area contributed by atoms with Crippen molar-refractivity contribution in [1.29, 1.82) is 0 Å². The summed E-state index contributed by atoms with van der Waals surface area (Å²) in [5.74, 6) is 0.0631. The molecular weight excluding hydrogens is 387 g/mol. The fourth-order valence-electron chi connectivity index (χ4n) is 3.55. The first-order valence-electron chi connectivity index (χ1n) is 10.1. The number of anilines is 1. The Bertz CT molecular complexity index is 851. The molecule has 0 saturated carbocycles. The number of carbonyl (C=O) groups is 1. The fourth-order valence-corrected chi connectivity index (χ4v) is 3.55. The Morgan fingerprint density at radius 1 is 1.17 bits per heavy atom. The number of methoxy groups -OCH3 is 1. The van der Waals surface area contributed by atoms with E-state index in [1.54, 1.807) is 37.4 Å². The molecule has 162 valence electrons. The SMILES string of the molecule is COCCOc1cccc(C(=O)NCc2ccc(N3CC(C)OC(C)C3)c(F)c2)c1. The highest BCUT2D eigenvalue weighted by Crippen LogP contribution is 2.24. The summed E-state index contributed by atoms with van der Waals surface area (Å²) in [6, 6.07) is 12.0. The zero-order valence-electron chi connectivity index (χ0n) is 17.7. The van der Waals surface area contributed by atoms with Gasteiger partial charge in [0, 0.05) is 32.3 Å². The predicted molar refractivity (Wildman–Crippen MR) is 114 cm³/mol. The highest BCUT2D eigenvalue weighted by molar-refractivity contribution is 5.94. The lowest BCUT2D eigenvalue weighted by molar-refractivity contribution is -0.00539. The van der Waals surface area contributed by atoms with Crippen molar-refractivity contribution in [2.24, 2.45) is 0 Å². The minimum absolute atomic E-state index is 0.0568. The van der Waals surface area contributed by atoms with Crippen LogP contribution in [0.5, 0.6) is 5.75 Å². The summed E-state index contributed by atoms with van der Waals surface area (Å²) < 4.78 is 30.9. The van der Waals surface area contributed by atoms with Crippen LogP contribution in [0.3, 0.4) is 0 Å². The van der Waals surface area contributed by atoms with Gasteiger partial charge in [-0.15, -0.1) is 0 Å². The zero-order valence-corrected chi connectivity index (χ0v) is 17.7. The molecule has 1 fully saturated rings. The number of morpholine rings is 1. The zero-order chi connectivity index (χ0) is 21.5. The van der Waals surface area contributed by atoms with Crippen molar-refractivity contribution in [2.75, 3.05) is 38.3 Å². The van der Waals surface area contributed by atoms with Crippen molar-refractivity contribution in [2.45, 2.75) is 32.6 Å². The molecule has 2 aromatic carbocycles. The topological polar surface area (TPSA) is 60.0 Å². The minimum Gasteiger partial charge on any atom is -0.491 e. The van der Waals surface area contributed by atoms with Crippen LogP contribution in [-0.2, 0) is 16.0 Å². The van der Waals surface area contributed by atoms with Gasteiger partial charge in [-0.2, -0.15) is 0 Å². The first kappa shape index (κ1) is 22.1.